The van der Waals surface area contributed by atoms with Crippen LogP contribution in [0.4, 0.5) is 11.8 Å². The van der Waals surface area contributed by atoms with E-state index in [-0.39, 0.29) is 5.95 Å². The molecule has 98 valence electrons. The molecule has 3 rings (SSSR count). The topological polar surface area (TPSA) is 103 Å². The quantitative estimate of drug-likeness (QED) is 0.746. The van der Waals surface area contributed by atoms with Crippen molar-refractivity contribution in [1.82, 2.24) is 20.1 Å². The number of aryl methyl sites for hydroxylation is 1. The van der Waals surface area contributed by atoms with E-state index in [9.17, 15) is 0 Å². The van der Waals surface area contributed by atoms with Crippen LogP contribution in [0.3, 0.4) is 0 Å². The number of nitrogen functional groups attached to an aromatic ring is 1. The zero-order chi connectivity index (χ0) is 13.2. The number of hydrogen-bond donors (Lipinski definition) is 2. The fourth-order valence-corrected chi connectivity index (χ4v) is 2.67. The molecule has 19 heavy (non-hydrogen) atoms. The Bertz CT molecular complexity index is 693. The molecule has 0 saturated heterocycles. The highest BCUT2D eigenvalue weighted by Crippen LogP contribution is 2.28. The van der Waals surface area contributed by atoms with Crippen molar-refractivity contribution in [3.8, 4) is 0 Å². The van der Waals surface area contributed by atoms with Crippen LogP contribution in [0.2, 0.25) is 0 Å². The van der Waals surface area contributed by atoms with Gasteiger partial charge in [-0.25, -0.2) is 4.98 Å². The summed E-state index contributed by atoms with van der Waals surface area (Å²) in [5.41, 5.74) is 5.71. The molecule has 0 radical (unpaired) electrons. The summed E-state index contributed by atoms with van der Waals surface area (Å²) in [7, 11) is 0. The number of nitrogens with one attached hydrogen (secondary N) is 1. The minimum absolute atomic E-state index is 0.274. The number of nitrogens with two attached hydrogens (primary N) is 1. The summed E-state index contributed by atoms with van der Waals surface area (Å²) in [5.74, 6) is 1.68. The van der Waals surface area contributed by atoms with Gasteiger partial charge in [0, 0.05) is 17.8 Å². The van der Waals surface area contributed by atoms with Gasteiger partial charge in [0.15, 0.2) is 5.82 Å². The standard InChI is InChI=1S/C11H12N6OS/c1-6-4-7-9(15-11(12)16-10(7)19-6)13-3-2-8-14-5-18-17-8/h4-5H,2-3H2,1H3,(H3,12,13,15,16). The fraction of sp³-hybridized carbons (Fsp3) is 0.273. The van der Waals surface area contributed by atoms with Crippen LogP contribution in [-0.2, 0) is 6.42 Å². The van der Waals surface area contributed by atoms with E-state index in [1.165, 1.54) is 11.3 Å². The van der Waals surface area contributed by atoms with E-state index in [1.54, 1.807) is 11.3 Å². The van der Waals surface area contributed by atoms with Crippen LogP contribution in [0.25, 0.3) is 10.2 Å². The predicted octanol–water partition coefficient (Wildman–Crippen LogP) is 1.62. The summed E-state index contributed by atoms with van der Waals surface area (Å²) in [5, 5.41) is 7.97. The first kappa shape index (κ1) is 11.8. The largest absolute Gasteiger partial charge is 0.369 e. The first-order chi connectivity index (χ1) is 9.22. The molecule has 8 heteroatoms. The van der Waals surface area contributed by atoms with E-state index in [4.69, 9.17) is 5.73 Å². The maximum atomic E-state index is 5.71. The van der Waals surface area contributed by atoms with Gasteiger partial charge in [-0.15, -0.1) is 11.3 Å². The average molecular weight is 276 g/mol. The Labute approximate surface area is 112 Å². The molecule has 0 amide bonds. The molecule has 0 aliphatic heterocycles. The monoisotopic (exact) mass is 276 g/mol. The minimum atomic E-state index is 0.274. The van der Waals surface area contributed by atoms with Gasteiger partial charge in [0.2, 0.25) is 12.3 Å². The maximum Gasteiger partial charge on any atom is 0.223 e. The second-order valence-electron chi connectivity index (χ2n) is 4.03. The molecule has 7 nitrogen and oxygen atoms in total. The Morgan fingerprint density at radius 1 is 1.42 bits per heavy atom. The summed E-state index contributed by atoms with van der Waals surface area (Å²) < 4.78 is 4.68. The molecule has 0 spiro atoms. The molecular formula is C11H12N6OS. The van der Waals surface area contributed by atoms with Gasteiger partial charge >= 0.3 is 0 Å². The van der Waals surface area contributed by atoms with E-state index in [1.807, 2.05) is 6.92 Å². The molecule has 3 N–H and O–H groups in total. The van der Waals surface area contributed by atoms with Gasteiger partial charge in [-0.05, 0) is 13.0 Å². The number of rotatable bonds is 4. The van der Waals surface area contributed by atoms with Crippen molar-refractivity contribution in [2.24, 2.45) is 0 Å². The third kappa shape index (κ3) is 2.48. The molecule has 0 bridgehead atoms. The highest BCUT2D eigenvalue weighted by atomic mass is 32.1. The summed E-state index contributed by atoms with van der Waals surface area (Å²) in [6.07, 6.45) is 1.98. The van der Waals surface area contributed by atoms with E-state index < -0.39 is 0 Å². The molecule has 0 aromatic carbocycles. The first-order valence-electron chi connectivity index (χ1n) is 5.75. The molecular weight excluding hydrogens is 264 g/mol. The highest BCUT2D eigenvalue weighted by molar-refractivity contribution is 7.18. The van der Waals surface area contributed by atoms with E-state index in [0.29, 0.717) is 18.8 Å². The van der Waals surface area contributed by atoms with Gasteiger partial charge in [0.1, 0.15) is 10.6 Å². The maximum absolute atomic E-state index is 5.71. The summed E-state index contributed by atoms with van der Waals surface area (Å²) in [4.78, 5) is 14.5. The molecule has 0 aliphatic carbocycles. The van der Waals surface area contributed by atoms with Crippen molar-refractivity contribution in [3.63, 3.8) is 0 Å². The molecule has 0 saturated carbocycles. The van der Waals surface area contributed by atoms with Gasteiger partial charge in [0.05, 0.1) is 5.39 Å². The van der Waals surface area contributed by atoms with E-state index in [0.717, 1.165) is 16.0 Å². The molecule has 0 aliphatic rings. The number of thiophene rings is 1. The van der Waals surface area contributed by atoms with Gasteiger partial charge in [-0.2, -0.15) is 9.97 Å². The Hall–Kier alpha value is -2.22. The van der Waals surface area contributed by atoms with Crippen LogP contribution in [-0.4, -0.2) is 26.7 Å². The third-order valence-electron chi connectivity index (χ3n) is 2.58. The zero-order valence-electron chi connectivity index (χ0n) is 10.3. The van der Waals surface area contributed by atoms with Crippen molar-refractivity contribution in [1.29, 1.82) is 0 Å². The average Bonchev–Trinajstić information content (AvgIpc) is 2.97. The minimum Gasteiger partial charge on any atom is -0.369 e. The summed E-state index contributed by atoms with van der Waals surface area (Å²) in [6, 6.07) is 2.05. The van der Waals surface area contributed by atoms with Crippen molar-refractivity contribution < 1.29 is 4.52 Å². The van der Waals surface area contributed by atoms with Crippen LogP contribution in [0, 0.1) is 6.92 Å². The second kappa shape index (κ2) is 4.81. The molecule has 3 aromatic heterocycles. The van der Waals surface area contributed by atoms with Gasteiger partial charge in [-0.3, -0.25) is 0 Å². The molecule has 3 heterocycles. The third-order valence-corrected chi connectivity index (χ3v) is 3.53. The van der Waals surface area contributed by atoms with Crippen molar-refractivity contribution in [2.75, 3.05) is 17.6 Å². The van der Waals surface area contributed by atoms with Crippen LogP contribution in [0.1, 0.15) is 10.7 Å². The lowest BCUT2D eigenvalue weighted by molar-refractivity contribution is 0.410. The second-order valence-corrected chi connectivity index (χ2v) is 5.27. The Morgan fingerprint density at radius 3 is 3.11 bits per heavy atom. The van der Waals surface area contributed by atoms with E-state index >= 15 is 0 Å². The number of aromatic nitrogens is 4. The Balaban J connectivity index is 1.79. The van der Waals surface area contributed by atoms with Gasteiger partial charge in [-0.1, -0.05) is 5.16 Å². The van der Waals surface area contributed by atoms with Gasteiger partial charge < -0.3 is 15.6 Å². The lowest BCUT2D eigenvalue weighted by Gasteiger charge is -2.05. The zero-order valence-corrected chi connectivity index (χ0v) is 11.1. The number of nitrogens with zero attached hydrogens (tertiary/aromatic N) is 4. The van der Waals surface area contributed by atoms with Gasteiger partial charge in [0.25, 0.3) is 0 Å². The predicted molar refractivity (Wildman–Crippen MR) is 73.1 cm³/mol. The molecule has 0 fully saturated rings. The Morgan fingerprint density at radius 2 is 2.32 bits per heavy atom. The van der Waals surface area contributed by atoms with Crippen LogP contribution >= 0.6 is 11.3 Å². The summed E-state index contributed by atoms with van der Waals surface area (Å²) in [6.45, 7) is 2.69. The number of fused-ring (bicyclic) bond motifs is 1. The van der Waals surface area contributed by atoms with Crippen molar-refractivity contribution >= 4 is 33.3 Å². The smallest absolute Gasteiger partial charge is 0.223 e. The highest BCUT2D eigenvalue weighted by Gasteiger charge is 2.09. The Kier molecular flexibility index (Phi) is 3.00. The molecule has 0 unspecified atom stereocenters. The summed E-state index contributed by atoms with van der Waals surface area (Å²) >= 11 is 1.60. The number of hydrogen-bond acceptors (Lipinski definition) is 8. The lowest BCUT2D eigenvalue weighted by Crippen LogP contribution is -2.09. The number of anilines is 2. The lowest BCUT2D eigenvalue weighted by atomic mass is 10.3. The van der Waals surface area contributed by atoms with Crippen molar-refractivity contribution in [2.45, 2.75) is 13.3 Å². The normalized spacial score (nSPS) is 11.0. The van der Waals surface area contributed by atoms with Crippen LogP contribution < -0.4 is 11.1 Å². The SMILES string of the molecule is Cc1cc2c(NCCc3ncon3)nc(N)nc2s1. The fourth-order valence-electron chi connectivity index (χ4n) is 1.79. The van der Waals surface area contributed by atoms with Crippen LogP contribution in [0.15, 0.2) is 17.0 Å². The molecule has 3 aromatic rings. The van der Waals surface area contributed by atoms with Crippen molar-refractivity contribution in [3.05, 3.63) is 23.2 Å². The van der Waals surface area contributed by atoms with Crippen LogP contribution in [0.5, 0.6) is 0 Å². The first-order valence-corrected chi connectivity index (χ1v) is 6.57. The van der Waals surface area contributed by atoms with E-state index in [2.05, 4.69) is 36.0 Å². The molecule has 0 atom stereocenters.